The fourth-order valence-corrected chi connectivity index (χ4v) is 1.60. The van der Waals surface area contributed by atoms with Crippen molar-refractivity contribution in [2.75, 3.05) is 0 Å². The summed E-state index contributed by atoms with van der Waals surface area (Å²) < 4.78 is 2.00. The van der Waals surface area contributed by atoms with Crippen LogP contribution in [0.3, 0.4) is 0 Å². The van der Waals surface area contributed by atoms with Gasteiger partial charge in [-0.05, 0) is 6.42 Å². The summed E-state index contributed by atoms with van der Waals surface area (Å²) in [5.41, 5.74) is 5.22. The lowest BCUT2D eigenvalue weighted by molar-refractivity contribution is -0.122. The molecule has 0 fully saturated rings. The molecule has 1 aliphatic heterocycles. The van der Waals surface area contributed by atoms with E-state index in [2.05, 4.69) is 4.98 Å². The highest BCUT2D eigenvalue weighted by atomic mass is 16.1. The predicted molar refractivity (Wildman–Crippen MR) is 43.2 cm³/mol. The van der Waals surface area contributed by atoms with Gasteiger partial charge >= 0.3 is 0 Å². The van der Waals surface area contributed by atoms with Crippen LogP contribution >= 0.6 is 0 Å². The zero-order valence-electron chi connectivity index (χ0n) is 6.73. The lowest BCUT2D eigenvalue weighted by Crippen LogP contribution is -2.31. The highest BCUT2D eigenvalue weighted by Crippen LogP contribution is 2.17. The predicted octanol–water partition coefficient (Wildman–Crippen LogP) is -0.0692. The number of nitrogens with zero attached hydrogens (tertiary/aromatic N) is 2. The minimum Gasteiger partial charge on any atom is -0.369 e. The molecule has 1 atom stereocenters. The zero-order chi connectivity index (χ0) is 8.55. The summed E-state index contributed by atoms with van der Waals surface area (Å²) in [5.74, 6) is 0.855. The summed E-state index contributed by atoms with van der Waals surface area (Å²) in [4.78, 5) is 15.0. The number of imidazole rings is 1. The topological polar surface area (TPSA) is 60.9 Å². The number of hydrogen-bond donors (Lipinski definition) is 1. The van der Waals surface area contributed by atoms with E-state index >= 15 is 0 Å². The van der Waals surface area contributed by atoms with Crippen LogP contribution in [0.15, 0.2) is 12.4 Å². The molecule has 4 nitrogen and oxygen atoms in total. The number of primary amides is 1. The van der Waals surface area contributed by atoms with Gasteiger partial charge in [0.25, 0.3) is 0 Å². The van der Waals surface area contributed by atoms with Gasteiger partial charge in [0.1, 0.15) is 5.82 Å². The van der Waals surface area contributed by atoms with Crippen LogP contribution in [0.4, 0.5) is 0 Å². The Kier molecular flexibility index (Phi) is 1.60. The van der Waals surface area contributed by atoms with Crippen molar-refractivity contribution >= 4 is 5.91 Å². The number of amides is 1. The Balaban J connectivity index is 2.20. The minimum absolute atomic E-state index is 0.00769. The van der Waals surface area contributed by atoms with Gasteiger partial charge in [-0.15, -0.1) is 0 Å². The lowest BCUT2D eigenvalue weighted by Gasteiger charge is -2.20. The summed E-state index contributed by atoms with van der Waals surface area (Å²) >= 11 is 0. The van der Waals surface area contributed by atoms with Crippen LogP contribution < -0.4 is 5.73 Å². The third-order valence-electron chi connectivity index (χ3n) is 2.34. The quantitative estimate of drug-likeness (QED) is 0.633. The van der Waals surface area contributed by atoms with Crippen LogP contribution in [0.2, 0.25) is 0 Å². The summed E-state index contributed by atoms with van der Waals surface area (Å²) in [7, 11) is 0. The lowest BCUT2D eigenvalue weighted by atomic mass is 9.99. The van der Waals surface area contributed by atoms with Gasteiger partial charge in [0.2, 0.25) is 5.91 Å². The largest absolute Gasteiger partial charge is 0.369 e. The van der Waals surface area contributed by atoms with E-state index in [1.807, 2.05) is 10.8 Å². The van der Waals surface area contributed by atoms with Crippen molar-refractivity contribution in [1.82, 2.24) is 9.55 Å². The number of hydrogen-bond acceptors (Lipinski definition) is 2. The Labute approximate surface area is 70.4 Å². The molecule has 2 rings (SSSR count). The standard InChI is InChI=1S/C8H11N3O/c9-8(12)6-1-2-7-10-3-4-11(7)5-6/h3-4,6H,1-2,5H2,(H2,9,12). The van der Waals surface area contributed by atoms with Gasteiger partial charge in [-0.3, -0.25) is 4.79 Å². The van der Waals surface area contributed by atoms with E-state index < -0.39 is 0 Å². The molecule has 1 unspecified atom stereocenters. The van der Waals surface area contributed by atoms with Crippen LogP contribution in [-0.4, -0.2) is 15.5 Å². The average molecular weight is 165 g/mol. The highest BCUT2D eigenvalue weighted by molar-refractivity contribution is 5.76. The number of aromatic nitrogens is 2. The molecule has 2 N–H and O–H groups in total. The molecule has 0 saturated heterocycles. The van der Waals surface area contributed by atoms with Crippen molar-refractivity contribution in [2.45, 2.75) is 19.4 Å². The second-order valence-corrected chi connectivity index (χ2v) is 3.13. The molecule has 0 bridgehead atoms. The summed E-state index contributed by atoms with van der Waals surface area (Å²) in [5, 5.41) is 0. The van der Waals surface area contributed by atoms with Gasteiger partial charge in [-0.2, -0.15) is 0 Å². The first-order valence-electron chi connectivity index (χ1n) is 4.06. The maximum atomic E-state index is 10.9. The maximum absolute atomic E-state index is 10.9. The van der Waals surface area contributed by atoms with E-state index in [0.717, 1.165) is 18.7 Å². The second kappa shape index (κ2) is 2.62. The van der Waals surface area contributed by atoms with E-state index in [4.69, 9.17) is 5.73 Å². The van der Waals surface area contributed by atoms with Crippen LogP contribution in [0.5, 0.6) is 0 Å². The van der Waals surface area contributed by atoms with Crippen molar-refractivity contribution < 1.29 is 4.79 Å². The number of aryl methyl sites for hydroxylation is 1. The van der Waals surface area contributed by atoms with Crippen molar-refractivity contribution in [2.24, 2.45) is 11.7 Å². The van der Waals surface area contributed by atoms with E-state index in [0.29, 0.717) is 6.54 Å². The Morgan fingerprint density at radius 1 is 1.75 bits per heavy atom. The smallest absolute Gasteiger partial charge is 0.222 e. The van der Waals surface area contributed by atoms with Gasteiger partial charge in [0, 0.05) is 25.4 Å². The Bertz CT molecular complexity index is 305. The molecule has 0 aromatic carbocycles. The molecule has 0 saturated carbocycles. The van der Waals surface area contributed by atoms with Gasteiger partial charge < -0.3 is 10.3 Å². The van der Waals surface area contributed by atoms with E-state index in [1.54, 1.807) is 6.20 Å². The van der Waals surface area contributed by atoms with E-state index in [1.165, 1.54) is 0 Å². The van der Waals surface area contributed by atoms with Crippen LogP contribution in [-0.2, 0) is 17.8 Å². The van der Waals surface area contributed by atoms with Crippen LogP contribution in [0.25, 0.3) is 0 Å². The molecule has 0 aliphatic carbocycles. The van der Waals surface area contributed by atoms with Crippen molar-refractivity contribution in [3.05, 3.63) is 18.2 Å². The fourth-order valence-electron chi connectivity index (χ4n) is 1.60. The van der Waals surface area contributed by atoms with Gasteiger partial charge in [-0.1, -0.05) is 0 Å². The van der Waals surface area contributed by atoms with E-state index in [-0.39, 0.29) is 11.8 Å². The van der Waals surface area contributed by atoms with Crippen molar-refractivity contribution in [3.63, 3.8) is 0 Å². The first-order valence-corrected chi connectivity index (χ1v) is 4.06. The molecule has 64 valence electrons. The SMILES string of the molecule is NC(=O)C1CCc2nccn2C1. The fraction of sp³-hybridized carbons (Fsp3) is 0.500. The number of fused-ring (bicyclic) bond motifs is 1. The number of carbonyl (C=O) groups is 1. The molecule has 1 aliphatic rings. The molecule has 0 spiro atoms. The first kappa shape index (κ1) is 7.34. The molecule has 0 radical (unpaired) electrons. The van der Waals surface area contributed by atoms with Crippen molar-refractivity contribution in [1.29, 1.82) is 0 Å². The zero-order valence-corrected chi connectivity index (χ0v) is 6.73. The second-order valence-electron chi connectivity index (χ2n) is 3.13. The molecule has 1 amide bonds. The van der Waals surface area contributed by atoms with Crippen LogP contribution in [0.1, 0.15) is 12.2 Å². The molecular weight excluding hydrogens is 154 g/mol. The third kappa shape index (κ3) is 1.09. The number of nitrogens with two attached hydrogens (primary N) is 1. The summed E-state index contributed by atoms with van der Waals surface area (Å²) in [6.45, 7) is 0.699. The number of carbonyl (C=O) groups excluding carboxylic acids is 1. The van der Waals surface area contributed by atoms with E-state index in [9.17, 15) is 4.79 Å². The molecule has 4 heteroatoms. The maximum Gasteiger partial charge on any atom is 0.222 e. The van der Waals surface area contributed by atoms with Gasteiger partial charge in [-0.25, -0.2) is 4.98 Å². The minimum atomic E-state index is -0.200. The first-order chi connectivity index (χ1) is 5.77. The van der Waals surface area contributed by atoms with Crippen molar-refractivity contribution in [3.8, 4) is 0 Å². The Morgan fingerprint density at radius 3 is 3.33 bits per heavy atom. The van der Waals surface area contributed by atoms with Gasteiger partial charge in [0.15, 0.2) is 0 Å². The summed E-state index contributed by atoms with van der Waals surface area (Å²) in [6, 6.07) is 0. The normalized spacial score (nSPS) is 21.8. The molecule has 2 heterocycles. The van der Waals surface area contributed by atoms with Gasteiger partial charge in [0.05, 0.1) is 5.92 Å². The monoisotopic (exact) mass is 165 g/mol. The Hall–Kier alpha value is -1.32. The summed E-state index contributed by atoms with van der Waals surface area (Å²) in [6.07, 6.45) is 5.36. The molecular formula is C8H11N3O. The average Bonchev–Trinajstić information content (AvgIpc) is 2.49. The number of rotatable bonds is 1. The highest BCUT2D eigenvalue weighted by Gasteiger charge is 2.22. The third-order valence-corrected chi connectivity index (χ3v) is 2.34. The van der Waals surface area contributed by atoms with Crippen LogP contribution in [0, 0.1) is 5.92 Å². The molecule has 1 aromatic heterocycles. The molecule has 1 aromatic rings. The molecule has 12 heavy (non-hydrogen) atoms. The Morgan fingerprint density at radius 2 is 2.58 bits per heavy atom.